The monoisotopic (exact) mass is 267 g/mol. The number of hydrogen-bond donors (Lipinski definition) is 1. The van der Waals surface area contributed by atoms with Crippen molar-refractivity contribution in [3.8, 4) is 0 Å². The van der Waals surface area contributed by atoms with Gasteiger partial charge in [0.15, 0.2) is 0 Å². The highest BCUT2D eigenvalue weighted by atomic mass is 19.5. The molecular formula is C10H18BF4N3. The normalized spacial score (nSPS) is 19.5. The number of aryl methyl sites for hydroxylation is 1. The first-order valence-corrected chi connectivity index (χ1v) is 6.04. The summed E-state index contributed by atoms with van der Waals surface area (Å²) >= 11 is 0. The molecule has 0 spiro atoms. The molecule has 1 saturated heterocycles. The molecule has 1 aromatic heterocycles. The lowest BCUT2D eigenvalue weighted by Crippen LogP contribution is -2.30. The summed E-state index contributed by atoms with van der Waals surface area (Å²) in [5.41, 5.74) is 0. The molecule has 8 heteroatoms. The van der Waals surface area contributed by atoms with E-state index in [1.807, 2.05) is 0 Å². The molecule has 0 radical (unpaired) electrons. The fraction of sp³-hybridized carbons (Fsp3) is 0.700. The fourth-order valence-corrected chi connectivity index (χ4v) is 1.90. The lowest BCUT2D eigenvalue weighted by molar-refractivity contribution is -0.693. The molecule has 0 unspecified atom stereocenters. The summed E-state index contributed by atoms with van der Waals surface area (Å²) in [5, 5.41) is 3.50. The highest BCUT2D eigenvalue weighted by Crippen LogP contribution is 2.07. The molecule has 104 valence electrons. The Kier molecular flexibility index (Phi) is 5.65. The lowest BCUT2D eigenvalue weighted by atomic mass is 10.2. The molecule has 0 aromatic carbocycles. The maximum absolute atomic E-state index is 9.75. The van der Waals surface area contributed by atoms with Crippen molar-refractivity contribution in [1.82, 2.24) is 9.88 Å². The number of halogens is 4. The van der Waals surface area contributed by atoms with E-state index in [4.69, 9.17) is 0 Å². The summed E-state index contributed by atoms with van der Waals surface area (Å²) in [6.07, 6.45) is 9.13. The Hall–Kier alpha value is -1.05. The molecule has 1 aliphatic heterocycles. The molecule has 3 nitrogen and oxygen atoms in total. The van der Waals surface area contributed by atoms with Crippen LogP contribution in [0.1, 0.15) is 19.8 Å². The van der Waals surface area contributed by atoms with Gasteiger partial charge >= 0.3 is 7.25 Å². The van der Waals surface area contributed by atoms with E-state index in [0.29, 0.717) is 6.04 Å². The maximum Gasteiger partial charge on any atom is 0.673 e. The van der Waals surface area contributed by atoms with Gasteiger partial charge in [0.25, 0.3) is 0 Å². The third-order valence-corrected chi connectivity index (χ3v) is 2.70. The Morgan fingerprint density at radius 3 is 2.50 bits per heavy atom. The number of aromatic nitrogens is 2. The van der Waals surface area contributed by atoms with Crippen LogP contribution in [0.4, 0.5) is 17.3 Å². The van der Waals surface area contributed by atoms with Crippen LogP contribution in [-0.4, -0.2) is 24.4 Å². The van der Waals surface area contributed by atoms with Gasteiger partial charge in [-0.05, 0) is 26.3 Å². The zero-order valence-corrected chi connectivity index (χ0v) is 10.3. The van der Waals surface area contributed by atoms with Crippen LogP contribution in [0.5, 0.6) is 0 Å². The Bertz CT molecular complexity index is 341. The lowest BCUT2D eigenvalue weighted by Gasteiger charge is -2.05. The standard InChI is InChI=1S/C10H18N3.BF4/c1-2-12-6-7-13(9-12)8-10-4-3-5-11-10;2-1(3,4)5/h6-7,9-11H,2-5,8H2,1H3;/q+1;-1/t10-;/m0./s1. The van der Waals surface area contributed by atoms with E-state index in [9.17, 15) is 17.3 Å². The topological polar surface area (TPSA) is 20.8 Å². The summed E-state index contributed by atoms with van der Waals surface area (Å²) in [6, 6.07) is 0.692. The molecular weight excluding hydrogens is 249 g/mol. The van der Waals surface area contributed by atoms with Gasteiger partial charge in [0.1, 0.15) is 18.9 Å². The SMILES string of the molecule is CC[n+]1ccn(C[C@@H]2CCCN2)c1.F[B-](F)(F)F. The van der Waals surface area contributed by atoms with Crippen LogP contribution < -0.4 is 9.88 Å². The quantitative estimate of drug-likeness (QED) is 0.503. The van der Waals surface area contributed by atoms with Gasteiger partial charge in [-0.1, -0.05) is 0 Å². The van der Waals surface area contributed by atoms with E-state index < -0.39 is 7.25 Å². The zero-order chi connectivity index (χ0) is 13.6. The number of rotatable bonds is 3. The van der Waals surface area contributed by atoms with Crippen molar-refractivity contribution in [2.24, 2.45) is 0 Å². The summed E-state index contributed by atoms with van der Waals surface area (Å²) < 4.78 is 43.5. The van der Waals surface area contributed by atoms with Gasteiger partial charge in [-0.25, -0.2) is 9.13 Å². The van der Waals surface area contributed by atoms with Gasteiger partial charge in [0.2, 0.25) is 6.33 Å². The number of hydrogen-bond acceptors (Lipinski definition) is 1. The molecule has 1 atom stereocenters. The molecule has 1 aliphatic rings. The van der Waals surface area contributed by atoms with Gasteiger partial charge in [0, 0.05) is 6.04 Å². The van der Waals surface area contributed by atoms with Crippen LogP contribution in [-0.2, 0) is 13.1 Å². The van der Waals surface area contributed by atoms with E-state index in [1.54, 1.807) is 0 Å². The van der Waals surface area contributed by atoms with E-state index in [2.05, 4.69) is 40.1 Å². The second-order valence-corrected chi connectivity index (χ2v) is 4.23. The van der Waals surface area contributed by atoms with Gasteiger partial charge in [0.05, 0.1) is 6.54 Å². The minimum absolute atomic E-state index is 0.692. The van der Waals surface area contributed by atoms with Crippen molar-refractivity contribution in [1.29, 1.82) is 0 Å². The predicted octanol–water partition coefficient (Wildman–Crippen LogP) is 1.85. The minimum atomic E-state index is -6.00. The van der Waals surface area contributed by atoms with Gasteiger partial charge in [-0.15, -0.1) is 0 Å². The highest BCUT2D eigenvalue weighted by molar-refractivity contribution is 6.50. The Morgan fingerprint density at radius 1 is 1.39 bits per heavy atom. The van der Waals surface area contributed by atoms with E-state index >= 15 is 0 Å². The van der Waals surface area contributed by atoms with Gasteiger partial charge in [-0.2, -0.15) is 0 Å². The van der Waals surface area contributed by atoms with Crippen LogP contribution in [0.2, 0.25) is 0 Å². The second kappa shape index (κ2) is 6.77. The van der Waals surface area contributed by atoms with E-state index in [0.717, 1.165) is 13.1 Å². The summed E-state index contributed by atoms with van der Waals surface area (Å²) in [5.74, 6) is 0. The molecule has 1 fully saturated rings. The summed E-state index contributed by atoms with van der Waals surface area (Å²) in [4.78, 5) is 0. The summed E-state index contributed by atoms with van der Waals surface area (Å²) in [6.45, 7) is 5.54. The molecule has 2 heterocycles. The first kappa shape index (κ1) is 15.0. The molecule has 0 bridgehead atoms. The maximum atomic E-state index is 9.75. The van der Waals surface area contributed by atoms with Crippen molar-refractivity contribution >= 4 is 7.25 Å². The van der Waals surface area contributed by atoms with Crippen LogP contribution in [0.15, 0.2) is 18.7 Å². The Morgan fingerprint density at radius 2 is 2.06 bits per heavy atom. The molecule has 1 aromatic rings. The van der Waals surface area contributed by atoms with Gasteiger partial charge in [-0.3, -0.25) is 0 Å². The highest BCUT2D eigenvalue weighted by Gasteiger charge is 2.20. The smallest absolute Gasteiger partial charge is 0.418 e. The molecule has 0 saturated carbocycles. The van der Waals surface area contributed by atoms with Gasteiger partial charge < -0.3 is 22.6 Å². The number of nitrogens with zero attached hydrogens (tertiary/aromatic N) is 2. The molecule has 18 heavy (non-hydrogen) atoms. The number of nitrogens with one attached hydrogen (secondary N) is 1. The predicted molar refractivity (Wildman–Crippen MR) is 61.5 cm³/mol. The van der Waals surface area contributed by atoms with E-state index in [-0.39, 0.29) is 0 Å². The second-order valence-electron chi connectivity index (χ2n) is 4.23. The average Bonchev–Trinajstić information content (AvgIpc) is 2.87. The fourth-order valence-electron chi connectivity index (χ4n) is 1.90. The zero-order valence-electron chi connectivity index (χ0n) is 10.3. The molecule has 0 amide bonds. The Balaban J connectivity index is 0.000000280. The third kappa shape index (κ3) is 6.63. The largest absolute Gasteiger partial charge is 0.673 e. The van der Waals surface area contributed by atoms with Crippen LogP contribution >= 0.6 is 0 Å². The van der Waals surface area contributed by atoms with Crippen molar-refractivity contribution in [3.05, 3.63) is 18.7 Å². The average molecular weight is 267 g/mol. The molecule has 0 aliphatic carbocycles. The first-order valence-electron chi connectivity index (χ1n) is 6.04. The van der Waals surface area contributed by atoms with Crippen molar-refractivity contribution < 1.29 is 21.8 Å². The van der Waals surface area contributed by atoms with E-state index in [1.165, 1.54) is 19.4 Å². The van der Waals surface area contributed by atoms with Crippen LogP contribution in [0.25, 0.3) is 0 Å². The molecule has 2 rings (SSSR count). The van der Waals surface area contributed by atoms with Crippen molar-refractivity contribution in [2.75, 3.05) is 6.54 Å². The first-order chi connectivity index (χ1) is 8.38. The van der Waals surface area contributed by atoms with Crippen LogP contribution in [0.3, 0.4) is 0 Å². The molecule has 1 N–H and O–H groups in total. The Labute approximate surface area is 104 Å². The number of imidazole rings is 1. The minimum Gasteiger partial charge on any atom is -0.418 e. The van der Waals surface area contributed by atoms with Crippen molar-refractivity contribution in [3.63, 3.8) is 0 Å². The third-order valence-electron chi connectivity index (χ3n) is 2.70. The van der Waals surface area contributed by atoms with Crippen LogP contribution in [0, 0.1) is 0 Å². The van der Waals surface area contributed by atoms with Crippen molar-refractivity contribution in [2.45, 2.75) is 38.9 Å². The summed E-state index contributed by atoms with van der Waals surface area (Å²) in [7, 11) is -6.00.